The Morgan fingerprint density at radius 3 is 2.88 bits per heavy atom. The van der Waals surface area contributed by atoms with Crippen LogP contribution in [0.25, 0.3) is 0 Å². The molecule has 1 heterocycles. The first-order valence-electron chi connectivity index (χ1n) is 6.40. The Bertz CT molecular complexity index is 394. The van der Waals surface area contributed by atoms with Gasteiger partial charge in [-0.15, -0.1) is 11.3 Å². The van der Waals surface area contributed by atoms with Crippen molar-refractivity contribution in [3.63, 3.8) is 0 Å². The highest BCUT2D eigenvalue weighted by Gasteiger charge is 2.25. The van der Waals surface area contributed by atoms with Gasteiger partial charge in [-0.25, -0.2) is 4.98 Å². The molecule has 0 N–H and O–H groups in total. The molecule has 4 heteroatoms. The molecule has 0 saturated heterocycles. The van der Waals surface area contributed by atoms with E-state index < -0.39 is 0 Å². The number of Topliss-reactive ketones (excluding diaryl/α,β-unsaturated/α-hetero) is 1. The van der Waals surface area contributed by atoms with E-state index in [1.165, 1.54) is 0 Å². The van der Waals surface area contributed by atoms with Crippen LogP contribution < -0.4 is 0 Å². The third-order valence-electron chi connectivity index (χ3n) is 2.98. The average Bonchev–Trinajstić information content (AvgIpc) is 2.74. The van der Waals surface area contributed by atoms with Gasteiger partial charge in [-0.05, 0) is 26.2 Å². The Morgan fingerprint density at radius 1 is 1.41 bits per heavy atom. The molecular formula is C13H19NO2S. The van der Waals surface area contributed by atoms with Crippen molar-refractivity contribution < 1.29 is 9.53 Å². The second kappa shape index (κ2) is 5.74. The van der Waals surface area contributed by atoms with Crippen LogP contribution in [0.1, 0.15) is 66.0 Å². The molecule has 0 radical (unpaired) electrons. The van der Waals surface area contributed by atoms with Crippen molar-refractivity contribution in [2.45, 2.75) is 52.1 Å². The molecule has 1 aliphatic carbocycles. The lowest BCUT2D eigenvalue weighted by Gasteiger charge is -2.12. The molecule has 0 spiro atoms. The van der Waals surface area contributed by atoms with Crippen molar-refractivity contribution in [1.29, 1.82) is 0 Å². The number of carbonyl (C=O) groups is 1. The molecule has 0 aromatic carbocycles. The average molecular weight is 253 g/mol. The van der Waals surface area contributed by atoms with Crippen LogP contribution in [0.3, 0.4) is 0 Å². The second-order valence-corrected chi connectivity index (χ2v) is 5.45. The minimum Gasteiger partial charge on any atom is -0.371 e. The standard InChI is InChI=1S/C13H19NO2S/c1-3-6-10(16-4-2)13-14-12-9(15)7-5-8-11(12)17-13/h10H,3-8H2,1-2H3. The Balaban J connectivity index is 2.22. The number of thiazole rings is 1. The number of hydrogen-bond donors (Lipinski definition) is 0. The van der Waals surface area contributed by atoms with Crippen LogP contribution in [0.15, 0.2) is 0 Å². The number of hydrogen-bond acceptors (Lipinski definition) is 4. The molecule has 0 aliphatic heterocycles. The molecule has 3 nitrogen and oxygen atoms in total. The fourth-order valence-electron chi connectivity index (χ4n) is 2.16. The van der Waals surface area contributed by atoms with Gasteiger partial charge in [-0.3, -0.25) is 4.79 Å². The third-order valence-corrected chi connectivity index (χ3v) is 4.19. The van der Waals surface area contributed by atoms with E-state index in [2.05, 4.69) is 11.9 Å². The van der Waals surface area contributed by atoms with Crippen molar-refractivity contribution >= 4 is 17.1 Å². The maximum atomic E-state index is 11.7. The van der Waals surface area contributed by atoms with Gasteiger partial charge < -0.3 is 4.74 Å². The molecule has 1 aromatic rings. The summed E-state index contributed by atoms with van der Waals surface area (Å²) in [6.45, 7) is 4.84. The number of rotatable bonds is 5. The van der Waals surface area contributed by atoms with Gasteiger partial charge in [-0.1, -0.05) is 13.3 Å². The van der Waals surface area contributed by atoms with Crippen LogP contribution in [0.4, 0.5) is 0 Å². The van der Waals surface area contributed by atoms with Gasteiger partial charge in [0.2, 0.25) is 0 Å². The molecule has 17 heavy (non-hydrogen) atoms. The van der Waals surface area contributed by atoms with Crippen molar-refractivity contribution in [2.75, 3.05) is 6.61 Å². The summed E-state index contributed by atoms with van der Waals surface area (Å²) in [6.07, 6.45) is 4.76. The smallest absolute Gasteiger partial charge is 0.182 e. The summed E-state index contributed by atoms with van der Waals surface area (Å²) in [6, 6.07) is 0. The summed E-state index contributed by atoms with van der Waals surface area (Å²) in [5, 5.41) is 0.994. The zero-order valence-electron chi connectivity index (χ0n) is 10.5. The number of fused-ring (bicyclic) bond motifs is 1. The lowest BCUT2D eigenvalue weighted by atomic mass is 10.0. The first-order chi connectivity index (χ1) is 8.26. The van der Waals surface area contributed by atoms with Gasteiger partial charge in [0, 0.05) is 17.9 Å². The SMILES string of the molecule is CCCC(OCC)c1nc2c(s1)CCCC2=O. The minimum atomic E-state index is 0.0772. The van der Waals surface area contributed by atoms with Crippen LogP contribution in [0.2, 0.25) is 0 Å². The van der Waals surface area contributed by atoms with E-state index in [4.69, 9.17) is 4.74 Å². The van der Waals surface area contributed by atoms with E-state index in [0.29, 0.717) is 13.0 Å². The first-order valence-corrected chi connectivity index (χ1v) is 7.22. The van der Waals surface area contributed by atoms with E-state index >= 15 is 0 Å². The lowest BCUT2D eigenvalue weighted by molar-refractivity contribution is 0.0554. The van der Waals surface area contributed by atoms with Gasteiger partial charge in [0.25, 0.3) is 0 Å². The van der Waals surface area contributed by atoms with Crippen LogP contribution in [0, 0.1) is 0 Å². The molecule has 0 fully saturated rings. The van der Waals surface area contributed by atoms with Gasteiger partial charge in [0.05, 0.1) is 0 Å². The first kappa shape index (κ1) is 12.7. The van der Waals surface area contributed by atoms with Crippen molar-refractivity contribution in [3.05, 3.63) is 15.6 Å². The summed E-state index contributed by atoms with van der Waals surface area (Å²) < 4.78 is 5.72. The molecule has 0 saturated carbocycles. The molecule has 94 valence electrons. The molecule has 2 rings (SSSR count). The maximum Gasteiger partial charge on any atom is 0.182 e. The van der Waals surface area contributed by atoms with Crippen LogP contribution in [-0.4, -0.2) is 17.4 Å². The number of carbonyl (C=O) groups excluding carboxylic acids is 1. The van der Waals surface area contributed by atoms with Crippen LogP contribution in [-0.2, 0) is 11.2 Å². The fourth-order valence-corrected chi connectivity index (χ4v) is 3.37. The van der Waals surface area contributed by atoms with Crippen molar-refractivity contribution in [1.82, 2.24) is 4.98 Å². The van der Waals surface area contributed by atoms with Gasteiger partial charge in [0.15, 0.2) is 5.78 Å². The monoisotopic (exact) mass is 253 g/mol. The molecular weight excluding hydrogens is 234 g/mol. The highest BCUT2D eigenvalue weighted by Crippen LogP contribution is 2.33. The summed E-state index contributed by atoms with van der Waals surface area (Å²) in [5.74, 6) is 0.209. The zero-order valence-corrected chi connectivity index (χ0v) is 11.3. The van der Waals surface area contributed by atoms with E-state index in [9.17, 15) is 4.79 Å². The lowest BCUT2D eigenvalue weighted by Crippen LogP contribution is -2.09. The molecule has 1 aliphatic rings. The molecule has 1 atom stereocenters. The number of ketones is 1. The predicted molar refractivity (Wildman–Crippen MR) is 68.7 cm³/mol. The van der Waals surface area contributed by atoms with Gasteiger partial charge >= 0.3 is 0 Å². The van der Waals surface area contributed by atoms with Crippen LogP contribution >= 0.6 is 11.3 Å². The zero-order chi connectivity index (χ0) is 12.3. The second-order valence-electron chi connectivity index (χ2n) is 4.33. The summed E-state index contributed by atoms with van der Waals surface area (Å²) in [7, 11) is 0. The Kier molecular flexibility index (Phi) is 4.29. The predicted octanol–water partition coefficient (Wildman–Crippen LogP) is 3.54. The molecule has 1 unspecified atom stereocenters. The van der Waals surface area contributed by atoms with E-state index in [1.807, 2.05) is 6.92 Å². The fraction of sp³-hybridized carbons (Fsp3) is 0.692. The van der Waals surface area contributed by atoms with Crippen molar-refractivity contribution in [3.8, 4) is 0 Å². The minimum absolute atomic E-state index is 0.0772. The van der Waals surface area contributed by atoms with Crippen LogP contribution in [0.5, 0.6) is 0 Å². The number of aromatic nitrogens is 1. The normalized spacial score (nSPS) is 16.9. The van der Waals surface area contributed by atoms with Crippen molar-refractivity contribution in [2.24, 2.45) is 0 Å². The highest BCUT2D eigenvalue weighted by atomic mass is 32.1. The summed E-state index contributed by atoms with van der Waals surface area (Å²) in [4.78, 5) is 17.4. The molecule has 0 amide bonds. The maximum absolute atomic E-state index is 11.7. The van der Waals surface area contributed by atoms with Gasteiger partial charge in [-0.2, -0.15) is 0 Å². The summed E-state index contributed by atoms with van der Waals surface area (Å²) in [5.41, 5.74) is 0.719. The largest absolute Gasteiger partial charge is 0.371 e. The Morgan fingerprint density at radius 2 is 2.24 bits per heavy atom. The number of nitrogens with zero attached hydrogens (tertiary/aromatic N) is 1. The quantitative estimate of drug-likeness (QED) is 0.805. The molecule has 1 aromatic heterocycles. The number of ether oxygens (including phenoxy) is 1. The molecule has 0 bridgehead atoms. The third kappa shape index (κ3) is 2.75. The van der Waals surface area contributed by atoms with Gasteiger partial charge in [0.1, 0.15) is 16.8 Å². The summed E-state index contributed by atoms with van der Waals surface area (Å²) >= 11 is 1.67. The van der Waals surface area contributed by atoms with E-state index in [-0.39, 0.29) is 11.9 Å². The highest BCUT2D eigenvalue weighted by molar-refractivity contribution is 7.12. The van der Waals surface area contributed by atoms with E-state index in [1.54, 1.807) is 11.3 Å². The number of aryl methyl sites for hydroxylation is 1. The Hall–Kier alpha value is -0.740. The topological polar surface area (TPSA) is 39.2 Å². The van der Waals surface area contributed by atoms with E-state index in [0.717, 1.165) is 41.3 Å². The Labute approximate surface area is 106 Å².